The number of amides is 1. The maximum atomic E-state index is 11.8. The molecule has 0 aliphatic carbocycles. The summed E-state index contributed by atoms with van der Waals surface area (Å²) in [6, 6.07) is 0. The van der Waals surface area contributed by atoms with Gasteiger partial charge < -0.3 is 10.1 Å². The smallest absolute Gasteiger partial charge is 0.220 e. The highest BCUT2D eigenvalue weighted by molar-refractivity contribution is 7.99. The predicted octanol–water partition coefficient (Wildman–Crippen LogP) is 2.45. The summed E-state index contributed by atoms with van der Waals surface area (Å²) in [6.45, 7) is 6.89. The Morgan fingerprint density at radius 3 is 2.41 bits per heavy atom. The average molecular weight is 259 g/mol. The van der Waals surface area contributed by atoms with Gasteiger partial charge in [0.15, 0.2) is 0 Å². The van der Waals surface area contributed by atoms with Gasteiger partial charge in [0, 0.05) is 20.1 Å². The molecule has 0 saturated carbocycles. The monoisotopic (exact) mass is 259 g/mol. The van der Waals surface area contributed by atoms with Crippen molar-refractivity contribution in [1.82, 2.24) is 5.32 Å². The normalized spacial score (nSPS) is 20.0. The molecule has 3 nitrogen and oxygen atoms in total. The zero-order valence-corrected chi connectivity index (χ0v) is 12.3. The van der Waals surface area contributed by atoms with Crippen molar-refractivity contribution in [1.29, 1.82) is 0 Å². The van der Waals surface area contributed by atoms with E-state index in [2.05, 4.69) is 26.1 Å². The lowest BCUT2D eigenvalue weighted by Gasteiger charge is -2.36. The number of carbonyl (C=O) groups excluding carboxylic acids is 1. The number of nitrogens with one attached hydrogen (secondary N) is 1. The number of hydrogen-bond donors (Lipinski definition) is 1. The molecule has 17 heavy (non-hydrogen) atoms. The summed E-state index contributed by atoms with van der Waals surface area (Å²) in [6.07, 6.45) is 2.63. The van der Waals surface area contributed by atoms with Crippen LogP contribution in [0.5, 0.6) is 0 Å². The van der Waals surface area contributed by atoms with Crippen molar-refractivity contribution in [3.8, 4) is 0 Å². The molecule has 100 valence electrons. The molecule has 0 aromatic rings. The van der Waals surface area contributed by atoms with Gasteiger partial charge in [0.05, 0.1) is 5.60 Å². The van der Waals surface area contributed by atoms with Gasteiger partial charge in [0.1, 0.15) is 0 Å². The molecule has 1 heterocycles. The van der Waals surface area contributed by atoms with Crippen molar-refractivity contribution in [2.24, 2.45) is 5.41 Å². The highest BCUT2D eigenvalue weighted by atomic mass is 32.2. The van der Waals surface area contributed by atoms with Crippen LogP contribution in [0.15, 0.2) is 0 Å². The molecule has 0 radical (unpaired) electrons. The maximum Gasteiger partial charge on any atom is 0.220 e. The number of rotatable bonds is 4. The third-order valence-corrected chi connectivity index (χ3v) is 4.12. The fourth-order valence-corrected chi connectivity index (χ4v) is 3.24. The molecule has 0 spiro atoms. The van der Waals surface area contributed by atoms with Crippen LogP contribution < -0.4 is 5.32 Å². The Kier molecular flexibility index (Phi) is 5.32. The second kappa shape index (κ2) is 6.10. The zero-order chi connectivity index (χ0) is 12.9. The van der Waals surface area contributed by atoms with E-state index in [4.69, 9.17) is 4.74 Å². The van der Waals surface area contributed by atoms with E-state index in [9.17, 15) is 4.79 Å². The Balaban J connectivity index is 2.39. The molecule has 1 amide bonds. The van der Waals surface area contributed by atoms with Crippen LogP contribution in [-0.2, 0) is 9.53 Å². The fourth-order valence-electron chi connectivity index (χ4n) is 2.00. The summed E-state index contributed by atoms with van der Waals surface area (Å²) in [5.74, 6) is 2.39. The van der Waals surface area contributed by atoms with Crippen LogP contribution in [0.2, 0.25) is 0 Å². The van der Waals surface area contributed by atoms with E-state index < -0.39 is 0 Å². The lowest BCUT2D eigenvalue weighted by Crippen LogP contribution is -2.47. The minimum atomic E-state index is -0.126. The predicted molar refractivity (Wildman–Crippen MR) is 73.4 cm³/mol. The van der Waals surface area contributed by atoms with E-state index in [1.807, 2.05) is 11.8 Å². The molecule has 1 aliphatic heterocycles. The van der Waals surface area contributed by atoms with E-state index in [-0.39, 0.29) is 16.9 Å². The lowest BCUT2D eigenvalue weighted by atomic mass is 9.91. The van der Waals surface area contributed by atoms with Crippen molar-refractivity contribution in [3.63, 3.8) is 0 Å². The van der Waals surface area contributed by atoms with Crippen molar-refractivity contribution in [2.45, 2.75) is 45.6 Å². The molecule has 1 rings (SSSR count). The van der Waals surface area contributed by atoms with Crippen LogP contribution >= 0.6 is 11.8 Å². The van der Waals surface area contributed by atoms with Crippen LogP contribution in [0, 0.1) is 5.41 Å². The maximum absolute atomic E-state index is 11.8. The molecule has 1 saturated heterocycles. The number of ether oxygens (including phenoxy) is 1. The summed E-state index contributed by atoms with van der Waals surface area (Å²) in [5, 5.41) is 3.03. The Morgan fingerprint density at radius 1 is 1.35 bits per heavy atom. The van der Waals surface area contributed by atoms with Crippen LogP contribution in [0.4, 0.5) is 0 Å². The molecular weight excluding hydrogens is 234 g/mol. The molecule has 0 bridgehead atoms. The average Bonchev–Trinajstić information content (AvgIpc) is 2.25. The number of hydrogen-bond acceptors (Lipinski definition) is 3. The van der Waals surface area contributed by atoms with Gasteiger partial charge in [-0.05, 0) is 29.8 Å². The van der Waals surface area contributed by atoms with E-state index in [1.165, 1.54) is 0 Å². The molecule has 1 fully saturated rings. The topological polar surface area (TPSA) is 38.3 Å². The van der Waals surface area contributed by atoms with Crippen molar-refractivity contribution in [3.05, 3.63) is 0 Å². The molecule has 4 heteroatoms. The standard InChI is InChI=1S/C13H25NO2S/c1-12(2,3)9-11(15)14-10-13(16-4)5-7-17-8-6-13/h5-10H2,1-4H3,(H,14,15). The van der Waals surface area contributed by atoms with E-state index in [0.717, 1.165) is 24.3 Å². The van der Waals surface area contributed by atoms with Gasteiger partial charge in [-0.15, -0.1) is 0 Å². The van der Waals surface area contributed by atoms with Crippen LogP contribution in [0.25, 0.3) is 0 Å². The van der Waals surface area contributed by atoms with Crippen molar-refractivity contribution in [2.75, 3.05) is 25.2 Å². The Hall–Kier alpha value is -0.220. The first-order valence-electron chi connectivity index (χ1n) is 6.27. The van der Waals surface area contributed by atoms with Gasteiger partial charge in [0.2, 0.25) is 5.91 Å². The van der Waals surface area contributed by atoms with Crippen LogP contribution in [0.3, 0.4) is 0 Å². The summed E-state index contributed by atoms with van der Waals surface area (Å²) in [4.78, 5) is 11.8. The van der Waals surface area contributed by atoms with Crippen LogP contribution in [0.1, 0.15) is 40.0 Å². The molecule has 1 N–H and O–H groups in total. The highest BCUT2D eigenvalue weighted by Crippen LogP contribution is 2.29. The second-order valence-corrected chi connectivity index (χ2v) is 7.24. The van der Waals surface area contributed by atoms with E-state index in [0.29, 0.717) is 13.0 Å². The summed E-state index contributed by atoms with van der Waals surface area (Å²) in [5.41, 5.74) is -0.0778. The third kappa shape index (κ3) is 5.30. The second-order valence-electron chi connectivity index (χ2n) is 6.01. The first-order chi connectivity index (χ1) is 7.87. The summed E-state index contributed by atoms with van der Waals surface area (Å²) < 4.78 is 5.63. The van der Waals surface area contributed by atoms with Gasteiger partial charge in [-0.2, -0.15) is 11.8 Å². The molecule has 0 aromatic heterocycles. The van der Waals surface area contributed by atoms with Gasteiger partial charge in [-0.1, -0.05) is 20.8 Å². The van der Waals surface area contributed by atoms with Crippen molar-refractivity contribution < 1.29 is 9.53 Å². The van der Waals surface area contributed by atoms with E-state index >= 15 is 0 Å². The Bertz CT molecular complexity index is 255. The molecular formula is C13H25NO2S. The van der Waals surface area contributed by atoms with Gasteiger partial charge >= 0.3 is 0 Å². The number of carbonyl (C=O) groups is 1. The van der Waals surface area contributed by atoms with Crippen LogP contribution in [-0.4, -0.2) is 36.7 Å². The number of methoxy groups -OCH3 is 1. The first-order valence-corrected chi connectivity index (χ1v) is 7.42. The highest BCUT2D eigenvalue weighted by Gasteiger charge is 2.32. The van der Waals surface area contributed by atoms with Crippen molar-refractivity contribution >= 4 is 17.7 Å². The zero-order valence-electron chi connectivity index (χ0n) is 11.5. The SMILES string of the molecule is COC1(CNC(=O)CC(C)(C)C)CCSCC1. The number of thioether (sulfide) groups is 1. The largest absolute Gasteiger partial charge is 0.376 e. The molecule has 1 aliphatic rings. The van der Waals surface area contributed by atoms with E-state index in [1.54, 1.807) is 7.11 Å². The molecule has 0 aromatic carbocycles. The van der Waals surface area contributed by atoms with Gasteiger partial charge in [-0.3, -0.25) is 4.79 Å². The quantitative estimate of drug-likeness (QED) is 0.843. The van der Waals surface area contributed by atoms with Gasteiger partial charge in [-0.25, -0.2) is 0 Å². The summed E-state index contributed by atoms with van der Waals surface area (Å²) in [7, 11) is 1.76. The summed E-state index contributed by atoms with van der Waals surface area (Å²) >= 11 is 1.96. The molecule has 0 atom stereocenters. The minimum Gasteiger partial charge on any atom is -0.376 e. The minimum absolute atomic E-state index is 0.0483. The Morgan fingerprint density at radius 2 is 1.94 bits per heavy atom. The molecule has 0 unspecified atom stereocenters. The third-order valence-electron chi connectivity index (χ3n) is 3.14. The lowest BCUT2D eigenvalue weighted by molar-refractivity contribution is -0.124. The Labute approximate surface area is 109 Å². The fraction of sp³-hybridized carbons (Fsp3) is 0.923. The first kappa shape index (κ1) is 14.8. The van der Waals surface area contributed by atoms with Gasteiger partial charge in [0.25, 0.3) is 0 Å².